The summed E-state index contributed by atoms with van der Waals surface area (Å²) in [7, 11) is 0. The van der Waals surface area contributed by atoms with Crippen molar-refractivity contribution in [2.75, 3.05) is 6.54 Å². The molecule has 2 nitrogen and oxygen atoms in total. The van der Waals surface area contributed by atoms with Crippen molar-refractivity contribution in [1.82, 2.24) is 5.06 Å². The molecule has 3 atom stereocenters. The fourth-order valence-electron chi connectivity index (χ4n) is 3.83. The Labute approximate surface area is 107 Å². The lowest BCUT2D eigenvalue weighted by molar-refractivity contribution is -0.192. The van der Waals surface area contributed by atoms with E-state index in [9.17, 15) is 0 Å². The average molecular weight is 239 g/mol. The molecule has 0 amide bonds. The molecule has 1 aliphatic heterocycles. The molecule has 1 heterocycles. The molecule has 0 aromatic heterocycles. The van der Waals surface area contributed by atoms with E-state index in [0.29, 0.717) is 6.04 Å². The summed E-state index contributed by atoms with van der Waals surface area (Å²) in [6.07, 6.45) is 8.32. The van der Waals surface area contributed by atoms with Gasteiger partial charge in [-0.3, -0.25) is 4.84 Å². The molecule has 1 saturated heterocycles. The largest absolute Gasteiger partial charge is 0.292 e. The van der Waals surface area contributed by atoms with E-state index in [2.05, 4.69) is 32.8 Å². The van der Waals surface area contributed by atoms with Gasteiger partial charge < -0.3 is 0 Å². The van der Waals surface area contributed by atoms with Gasteiger partial charge in [0.2, 0.25) is 0 Å². The monoisotopic (exact) mass is 239 g/mol. The maximum atomic E-state index is 6.13. The van der Waals surface area contributed by atoms with E-state index in [1.165, 1.54) is 38.5 Å². The molecule has 100 valence electrons. The van der Waals surface area contributed by atoms with Crippen molar-refractivity contribution in [2.24, 2.45) is 11.8 Å². The van der Waals surface area contributed by atoms with Crippen LogP contribution in [0.3, 0.4) is 0 Å². The van der Waals surface area contributed by atoms with E-state index >= 15 is 0 Å². The molecule has 0 unspecified atom stereocenters. The second-order valence-electron chi connectivity index (χ2n) is 6.42. The third-order valence-electron chi connectivity index (χ3n) is 4.82. The second-order valence-corrected chi connectivity index (χ2v) is 6.42. The quantitative estimate of drug-likeness (QED) is 0.735. The van der Waals surface area contributed by atoms with Crippen molar-refractivity contribution in [3.8, 4) is 0 Å². The van der Waals surface area contributed by atoms with Crippen molar-refractivity contribution >= 4 is 0 Å². The predicted molar refractivity (Wildman–Crippen MR) is 71.7 cm³/mol. The van der Waals surface area contributed by atoms with Gasteiger partial charge in [-0.1, -0.05) is 33.1 Å². The van der Waals surface area contributed by atoms with E-state index in [1.54, 1.807) is 0 Å². The Bertz CT molecular complexity index is 251. The number of nitrogens with zero attached hydrogens (tertiary/aromatic N) is 1. The number of hydrogen-bond acceptors (Lipinski definition) is 2. The lowest BCUT2D eigenvalue weighted by Gasteiger charge is -2.36. The highest BCUT2D eigenvalue weighted by Gasteiger charge is 2.50. The Hall–Kier alpha value is -0.0800. The molecule has 0 bridgehead atoms. The molecule has 2 heteroatoms. The zero-order valence-electron chi connectivity index (χ0n) is 12.0. The maximum Gasteiger partial charge on any atom is 0.0887 e. The Kier molecular flexibility index (Phi) is 4.14. The van der Waals surface area contributed by atoms with E-state index in [-0.39, 0.29) is 5.60 Å². The van der Waals surface area contributed by atoms with Crippen LogP contribution in [-0.2, 0) is 4.84 Å². The number of hydroxylamine groups is 2. The van der Waals surface area contributed by atoms with Gasteiger partial charge in [0, 0.05) is 18.5 Å². The topological polar surface area (TPSA) is 12.5 Å². The number of hydrogen-bond donors (Lipinski definition) is 0. The molecule has 1 aliphatic carbocycles. The van der Waals surface area contributed by atoms with E-state index in [4.69, 9.17) is 4.84 Å². The van der Waals surface area contributed by atoms with Gasteiger partial charge in [-0.15, -0.1) is 0 Å². The van der Waals surface area contributed by atoms with Crippen molar-refractivity contribution in [2.45, 2.75) is 77.9 Å². The van der Waals surface area contributed by atoms with Gasteiger partial charge in [0.15, 0.2) is 0 Å². The first-order valence-corrected chi connectivity index (χ1v) is 7.54. The van der Waals surface area contributed by atoms with Crippen LogP contribution in [0.1, 0.15) is 66.2 Å². The molecule has 0 N–H and O–H groups in total. The minimum Gasteiger partial charge on any atom is -0.292 e. The van der Waals surface area contributed by atoms with Gasteiger partial charge in [-0.25, -0.2) is 0 Å². The van der Waals surface area contributed by atoms with Crippen LogP contribution in [0, 0.1) is 11.8 Å². The Morgan fingerprint density at radius 1 is 1.24 bits per heavy atom. The van der Waals surface area contributed by atoms with Crippen LogP contribution in [0.4, 0.5) is 0 Å². The van der Waals surface area contributed by atoms with E-state index in [1.807, 2.05) is 0 Å². The first-order valence-electron chi connectivity index (χ1n) is 7.54. The fraction of sp³-hybridized carbons (Fsp3) is 1.00. The van der Waals surface area contributed by atoms with Crippen LogP contribution in [-0.4, -0.2) is 23.3 Å². The minimum absolute atomic E-state index is 0.0611. The summed E-state index contributed by atoms with van der Waals surface area (Å²) in [5.74, 6) is 1.70. The highest BCUT2D eigenvalue weighted by atomic mass is 16.7. The summed E-state index contributed by atoms with van der Waals surface area (Å²) in [5, 5.41) is 2.25. The third-order valence-corrected chi connectivity index (χ3v) is 4.82. The smallest absolute Gasteiger partial charge is 0.0887 e. The standard InChI is InChI=1S/C15H29NO/c1-5-7-8-12-9-10-14-13(11-12)15(3,4)17-16(14)6-2/h12-14H,5-11H2,1-4H3/t12-,13-,14-/m1/s1. The summed E-state index contributed by atoms with van der Waals surface area (Å²) < 4.78 is 0. The predicted octanol–water partition coefficient (Wildman–Crippen LogP) is 4.01. The zero-order valence-corrected chi connectivity index (χ0v) is 12.0. The van der Waals surface area contributed by atoms with Crippen LogP contribution < -0.4 is 0 Å². The van der Waals surface area contributed by atoms with Crippen molar-refractivity contribution in [1.29, 1.82) is 0 Å². The SMILES string of the molecule is CCCC[C@@H]1CC[C@@H]2[C@@H](C1)C(C)(C)ON2CC. The lowest BCUT2D eigenvalue weighted by Crippen LogP contribution is -2.39. The van der Waals surface area contributed by atoms with Crippen molar-refractivity contribution in [3.05, 3.63) is 0 Å². The van der Waals surface area contributed by atoms with Gasteiger partial charge in [-0.2, -0.15) is 5.06 Å². The van der Waals surface area contributed by atoms with Gasteiger partial charge in [0.1, 0.15) is 0 Å². The van der Waals surface area contributed by atoms with Crippen molar-refractivity contribution in [3.63, 3.8) is 0 Å². The fourth-order valence-corrected chi connectivity index (χ4v) is 3.83. The number of fused-ring (bicyclic) bond motifs is 1. The van der Waals surface area contributed by atoms with Gasteiger partial charge >= 0.3 is 0 Å². The highest BCUT2D eigenvalue weighted by Crippen LogP contribution is 2.46. The Morgan fingerprint density at radius 2 is 2.00 bits per heavy atom. The molecule has 0 aromatic rings. The Balaban J connectivity index is 1.98. The molecule has 0 aromatic carbocycles. The van der Waals surface area contributed by atoms with Crippen LogP contribution in [0.15, 0.2) is 0 Å². The maximum absolute atomic E-state index is 6.13. The van der Waals surface area contributed by atoms with Crippen LogP contribution >= 0.6 is 0 Å². The molecule has 17 heavy (non-hydrogen) atoms. The van der Waals surface area contributed by atoms with Crippen LogP contribution in [0.25, 0.3) is 0 Å². The molecule has 2 aliphatic rings. The first-order chi connectivity index (χ1) is 8.08. The van der Waals surface area contributed by atoms with Gasteiger partial charge in [0.05, 0.1) is 5.60 Å². The molecule has 2 fully saturated rings. The average Bonchev–Trinajstić information content (AvgIpc) is 2.58. The van der Waals surface area contributed by atoms with Crippen LogP contribution in [0.2, 0.25) is 0 Å². The summed E-state index contributed by atoms with van der Waals surface area (Å²) in [4.78, 5) is 6.13. The first kappa shape index (κ1) is 13.4. The normalized spacial score (nSPS) is 37.1. The summed E-state index contributed by atoms with van der Waals surface area (Å²) in [6.45, 7) is 10.1. The Morgan fingerprint density at radius 3 is 2.65 bits per heavy atom. The molecule has 0 spiro atoms. The van der Waals surface area contributed by atoms with Crippen molar-refractivity contribution < 1.29 is 4.84 Å². The molecule has 1 saturated carbocycles. The van der Waals surface area contributed by atoms with E-state index in [0.717, 1.165) is 18.4 Å². The highest BCUT2D eigenvalue weighted by molar-refractivity contribution is 4.97. The summed E-state index contributed by atoms with van der Waals surface area (Å²) in [6, 6.07) is 0.688. The van der Waals surface area contributed by atoms with E-state index < -0.39 is 0 Å². The molecule has 0 radical (unpaired) electrons. The molecule has 2 rings (SSSR count). The minimum atomic E-state index is 0.0611. The number of rotatable bonds is 4. The van der Waals surface area contributed by atoms with Crippen LogP contribution in [0.5, 0.6) is 0 Å². The summed E-state index contributed by atoms with van der Waals surface area (Å²) >= 11 is 0. The second kappa shape index (κ2) is 5.27. The third kappa shape index (κ3) is 2.68. The summed E-state index contributed by atoms with van der Waals surface area (Å²) in [5.41, 5.74) is 0.0611. The molecular weight excluding hydrogens is 210 g/mol. The van der Waals surface area contributed by atoms with Gasteiger partial charge in [-0.05, 0) is 39.0 Å². The van der Waals surface area contributed by atoms with Gasteiger partial charge in [0.25, 0.3) is 0 Å². The lowest BCUT2D eigenvalue weighted by atomic mass is 9.71. The zero-order chi connectivity index (χ0) is 12.5. The number of unbranched alkanes of at least 4 members (excludes halogenated alkanes) is 1. The molecular formula is C15H29NO.